The first-order valence-corrected chi connectivity index (χ1v) is 10.8. The van der Waals surface area contributed by atoms with Crippen LogP contribution in [0.15, 0.2) is 42.5 Å². The molecule has 5 heteroatoms. The summed E-state index contributed by atoms with van der Waals surface area (Å²) < 4.78 is 16.0. The minimum atomic E-state index is -0.323. The Morgan fingerprint density at radius 2 is 1.42 bits per heavy atom. The van der Waals surface area contributed by atoms with Gasteiger partial charge in [-0.3, -0.25) is 4.98 Å². The lowest BCUT2D eigenvalue weighted by molar-refractivity contribution is 0.0378. The summed E-state index contributed by atoms with van der Waals surface area (Å²) in [5.41, 5.74) is 3.18. The third-order valence-corrected chi connectivity index (χ3v) is 4.28. The average molecular weight is 426 g/mol. The summed E-state index contributed by atoms with van der Waals surface area (Å²) in [4.78, 5) is 16.7. The molecule has 0 saturated carbocycles. The Hall–Kier alpha value is -3.08. The van der Waals surface area contributed by atoms with Crippen LogP contribution in [0.4, 0.5) is 0 Å². The Morgan fingerprint density at radius 1 is 0.871 bits per heavy atom. The van der Waals surface area contributed by atoms with Crippen LogP contribution in [0.1, 0.15) is 57.6 Å². The summed E-state index contributed by atoms with van der Waals surface area (Å²) in [6.07, 6.45) is -0.144. The third-order valence-electron chi connectivity index (χ3n) is 4.28. The molecule has 0 atom stereocenters. The van der Waals surface area contributed by atoms with Crippen LogP contribution in [-0.4, -0.2) is 31.3 Å². The van der Waals surface area contributed by atoms with E-state index in [4.69, 9.17) is 19.2 Å². The van der Waals surface area contributed by atoms with E-state index < -0.39 is 0 Å². The fourth-order valence-electron chi connectivity index (χ4n) is 2.95. The van der Waals surface area contributed by atoms with Crippen LogP contribution in [0.25, 0.3) is 22.0 Å². The minimum absolute atomic E-state index is 0.144. The average Bonchev–Trinajstić information content (AvgIpc) is 2.80. The molecule has 0 saturated heterocycles. The minimum Gasteiger partial charge on any atom is -0.493 e. The number of aryl methyl sites for hydroxylation is 1. The molecule has 0 aliphatic carbocycles. The van der Waals surface area contributed by atoms with Crippen molar-refractivity contribution in [3.63, 3.8) is 0 Å². The van der Waals surface area contributed by atoms with Gasteiger partial charge in [0.2, 0.25) is 0 Å². The number of fused-ring (bicyclic) bond motifs is 1. The number of pyridine rings is 1. The maximum atomic E-state index is 12.0. The SMILES string of the molecule is CC.CC.COc1cc2cc(-c3ccc(C(=O)OC(C)C)cc3)nc(C)c2cc1OC. The summed E-state index contributed by atoms with van der Waals surface area (Å²) in [5.74, 6) is 1.03. The highest BCUT2D eigenvalue weighted by molar-refractivity contribution is 5.92. The van der Waals surface area contributed by atoms with Gasteiger partial charge in [0, 0.05) is 16.6 Å². The molecule has 3 aromatic rings. The number of carbonyl (C=O) groups excluding carboxylic acids is 1. The number of benzene rings is 2. The predicted octanol–water partition coefficient (Wildman–Crippen LogP) is 6.85. The van der Waals surface area contributed by atoms with Gasteiger partial charge in [0.05, 0.1) is 31.6 Å². The van der Waals surface area contributed by atoms with Crippen LogP contribution >= 0.6 is 0 Å². The number of methoxy groups -OCH3 is 2. The lowest BCUT2D eigenvalue weighted by Gasteiger charge is -2.12. The van der Waals surface area contributed by atoms with Gasteiger partial charge >= 0.3 is 5.97 Å². The lowest BCUT2D eigenvalue weighted by Crippen LogP contribution is -2.11. The molecule has 1 heterocycles. The maximum Gasteiger partial charge on any atom is 0.338 e. The van der Waals surface area contributed by atoms with E-state index in [2.05, 4.69) is 0 Å². The van der Waals surface area contributed by atoms with E-state index in [-0.39, 0.29) is 12.1 Å². The largest absolute Gasteiger partial charge is 0.493 e. The van der Waals surface area contributed by atoms with Gasteiger partial charge in [-0.1, -0.05) is 39.8 Å². The number of hydrogen-bond donors (Lipinski definition) is 0. The molecule has 0 bridgehead atoms. The number of rotatable bonds is 5. The first-order valence-electron chi connectivity index (χ1n) is 10.8. The highest BCUT2D eigenvalue weighted by atomic mass is 16.5. The summed E-state index contributed by atoms with van der Waals surface area (Å²) in [6.45, 7) is 13.6. The molecule has 5 nitrogen and oxygen atoms in total. The third kappa shape index (κ3) is 6.45. The summed E-state index contributed by atoms with van der Waals surface area (Å²) in [7, 11) is 3.24. The molecule has 168 valence electrons. The fourth-order valence-corrected chi connectivity index (χ4v) is 2.95. The van der Waals surface area contributed by atoms with Crippen molar-refractivity contribution in [2.75, 3.05) is 14.2 Å². The zero-order valence-electron chi connectivity index (χ0n) is 20.2. The van der Waals surface area contributed by atoms with E-state index in [0.29, 0.717) is 17.1 Å². The van der Waals surface area contributed by atoms with Crippen LogP contribution < -0.4 is 9.47 Å². The summed E-state index contributed by atoms with van der Waals surface area (Å²) in [6, 6.07) is 13.2. The first kappa shape index (κ1) is 26.0. The van der Waals surface area contributed by atoms with Gasteiger partial charge in [-0.2, -0.15) is 0 Å². The van der Waals surface area contributed by atoms with Crippen molar-refractivity contribution in [1.82, 2.24) is 4.98 Å². The second-order valence-electron chi connectivity index (χ2n) is 6.55. The Bertz CT molecular complexity index is 979. The number of carbonyl (C=O) groups is 1. The normalized spacial score (nSPS) is 9.87. The van der Waals surface area contributed by atoms with Gasteiger partial charge in [0.1, 0.15) is 0 Å². The molecular formula is C26H35NO4. The molecule has 31 heavy (non-hydrogen) atoms. The number of esters is 1. The second kappa shape index (κ2) is 12.6. The van der Waals surface area contributed by atoms with Crippen LogP contribution in [0.3, 0.4) is 0 Å². The first-order chi connectivity index (χ1) is 14.9. The second-order valence-corrected chi connectivity index (χ2v) is 6.55. The molecule has 3 rings (SSSR count). The Kier molecular flexibility index (Phi) is 10.5. The standard InChI is InChI=1S/C22H23NO4.2C2H6/c1-13(2)27-22(24)16-8-6-15(7-9-16)19-10-17-11-20(25-4)21(26-5)12-18(17)14(3)23-19;2*1-2/h6-13H,1-5H3;2*1-2H3. The van der Waals surface area contributed by atoms with E-state index in [1.807, 2.05) is 78.8 Å². The van der Waals surface area contributed by atoms with Crippen molar-refractivity contribution in [1.29, 1.82) is 0 Å². The van der Waals surface area contributed by atoms with Gasteiger partial charge in [-0.25, -0.2) is 4.79 Å². The van der Waals surface area contributed by atoms with Gasteiger partial charge < -0.3 is 14.2 Å². The lowest BCUT2D eigenvalue weighted by atomic mass is 10.0. The molecule has 1 aromatic heterocycles. The van der Waals surface area contributed by atoms with Crippen LogP contribution in [0.2, 0.25) is 0 Å². The molecule has 0 spiro atoms. The Labute approximate surface area is 186 Å². The fraction of sp³-hybridized carbons (Fsp3) is 0.385. The molecule has 0 radical (unpaired) electrons. The Balaban J connectivity index is 0.00000113. The molecule has 0 fully saturated rings. The van der Waals surface area contributed by atoms with Crippen molar-refractivity contribution in [3.05, 3.63) is 53.7 Å². The highest BCUT2D eigenvalue weighted by Crippen LogP contribution is 2.34. The molecule has 0 aliphatic rings. The van der Waals surface area contributed by atoms with E-state index in [1.165, 1.54) is 0 Å². The highest BCUT2D eigenvalue weighted by Gasteiger charge is 2.12. The van der Waals surface area contributed by atoms with Crippen molar-refractivity contribution < 1.29 is 19.0 Å². The summed E-state index contributed by atoms with van der Waals surface area (Å²) in [5, 5.41) is 2.02. The maximum absolute atomic E-state index is 12.0. The van der Waals surface area contributed by atoms with Crippen molar-refractivity contribution in [2.45, 2.75) is 54.6 Å². The smallest absolute Gasteiger partial charge is 0.338 e. The molecule has 0 aliphatic heterocycles. The van der Waals surface area contributed by atoms with Crippen LogP contribution in [-0.2, 0) is 4.74 Å². The number of hydrogen-bond acceptors (Lipinski definition) is 5. The van der Waals surface area contributed by atoms with Gasteiger partial charge in [0.25, 0.3) is 0 Å². The van der Waals surface area contributed by atoms with Crippen molar-refractivity contribution >= 4 is 16.7 Å². The topological polar surface area (TPSA) is 57.7 Å². The quantitative estimate of drug-likeness (QED) is 0.419. The molecular weight excluding hydrogens is 390 g/mol. The van der Waals surface area contributed by atoms with Gasteiger partial charge in [-0.05, 0) is 56.5 Å². The Morgan fingerprint density at radius 3 is 1.94 bits per heavy atom. The predicted molar refractivity (Wildman–Crippen MR) is 128 cm³/mol. The summed E-state index contributed by atoms with van der Waals surface area (Å²) >= 11 is 0. The number of nitrogens with zero attached hydrogens (tertiary/aromatic N) is 1. The number of ether oxygens (including phenoxy) is 3. The zero-order valence-corrected chi connectivity index (χ0v) is 20.2. The zero-order chi connectivity index (χ0) is 23.6. The molecule has 2 aromatic carbocycles. The van der Waals surface area contributed by atoms with Crippen LogP contribution in [0.5, 0.6) is 11.5 Å². The van der Waals surface area contributed by atoms with E-state index in [1.54, 1.807) is 26.4 Å². The van der Waals surface area contributed by atoms with E-state index in [0.717, 1.165) is 27.7 Å². The van der Waals surface area contributed by atoms with E-state index >= 15 is 0 Å². The van der Waals surface area contributed by atoms with Gasteiger partial charge in [0.15, 0.2) is 11.5 Å². The van der Waals surface area contributed by atoms with Gasteiger partial charge in [-0.15, -0.1) is 0 Å². The monoisotopic (exact) mass is 425 g/mol. The van der Waals surface area contributed by atoms with E-state index in [9.17, 15) is 4.79 Å². The van der Waals surface area contributed by atoms with Crippen LogP contribution in [0, 0.1) is 6.92 Å². The molecule has 0 unspecified atom stereocenters. The number of aromatic nitrogens is 1. The molecule has 0 N–H and O–H groups in total. The van der Waals surface area contributed by atoms with Crippen molar-refractivity contribution in [3.8, 4) is 22.8 Å². The van der Waals surface area contributed by atoms with Crippen molar-refractivity contribution in [2.24, 2.45) is 0 Å². The molecule has 0 amide bonds.